The SMILES string of the molecule is Cc1ccc(S(=O)(=O)N2C=CC3(C)C(CO)C3C2)cc1. The summed E-state index contributed by atoms with van der Waals surface area (Å²) >= 11 is 0. The summed E-state index contributed by atoms with van der Waals surface area (Å²) in [5, 5.41) is 9.34. The van der Waals surface area contributed by atoms with Crippen molar-refractivity contribution in [1.82, 2.24) is 4.31 Å². The molecule has 1 aromatic carbocycles. The average molecular weight is 293 g/mol. The molecule has 108 valence electrons. The van der Waals surface area contributed by atoms with Gasteiger partial charge in [-0.3, -0.25) is 4.31 Å². The van der Waals surface area contributed by atoms with Crippen molar-refractivity contribution in [2.24, 2.45) is 17.3 Å². The van der Waals surface area contributed by atoms with Gasteiger partial charge < -0.3 is 5.11 Å². The fourth-order valence-electron chi connectivity index (χ4n) is 3.14. The minimum absolute atomic E-state index is 0.0337. The second-order valence-electron chi connectivity index (χ2n) is 5.97. The van der Waals surface area contributed by atoms with Gasteiger partial charge >= 0.3 is 0 Å². The van der Waals surface area contributed by atoms with Crippen molar-refractivity contribution < 1.29 is 13.5 Å². The van der Waals surface area contributed by atoms with Crippen LogP contribution in [0.25, 0.3) is 0 Å². The molecule has 2 aliphatic rings. The zero-order valence-electron chi connectivity index (χ0n) is 11.7. The molecule has 3 unspecified atom stereocenters. The molecule has 1 aromatic rings. The number of fused-ring (bicyclic) bond motifs is 1. The molecule has 4 nitrogen and oxygen atoms in total. The molecule has 1 heterocycles. The maximum atomic E-state index is 12.6. The average Bonchev–Trinajstić information content (AvgIpc) is 3.02. The summed E-state index contributed by atoms with van der Waals surface area (Å²) < 4.78 is 26.6. The Morgan fingerprint density at radius 1 is 1.35 bits per heavy atom. The summed E-state index contributed by atoms with van der Waals surface area (Å²) in [6, 6.07) is 6.89. The molecule has 20 heavy (non-hydrogen) atoms. The minimum Gasteiger partial charge on any atom is -0.396 e. The van der Waals surface area contributed by atoms with E-state index in [4.69, 9.17) is 0 Å². The number of aryl methyl sites for hydroxylation is 1. The van der Waals surface area contributed by atoms with Crippen LogP contribution in [0.4, 0.5) is 0 Å². The van der Waals surface area contributed by atoms with Gasteiger partial charge in [0.1, 0.15) is 0 Å². The molecule has 0 radical (unpaired) electrons. The number of sulfonamides is 1. The third-order valence-corrected chi connectivity index (χ3v) is 6.53. The van der Waals surface area contributed by atoms with E-state index >= 15 is 0 Å². The first-order valence-corrected chi connectivity index (χ1v) is 8.22. The molecule has 1 N–H and O–H groups in total. The highest BCUT2D eigenvalue weighted by atomic mass is 32.2. The first-order valence-electron chi connectivity index (χ1n) is 6.78. The van der Waals surface area contributed by atoms with Gasteiger partial charge in [-0.1, -0.05) is 30.7 Å². The lowest BCUT2D eigenvalue weighted by Crippen LogP contribution is -2.31. The van der Waals surface area contributed by atoms with E-state index in [0.29, 0.717) is 11.4 Å². The first-order chi connectivity index (χ1) is 9.39. The largest absolute Gasteiger partial charge is 0.396 e. The van der Waals surface area contributed by atoms with Crippen molar-refractivity contribution >= 4 is 10.0 Å². The maximum absolute atomic E-state index is 12.6. The Morgan fingerprint density at radius 2 is 2.00 bits per heavy atom. The van der Waals surface area contributed by atoms with Gasteiger partial charge in [-0.25, -0.2) is 8.42 Å². The first kappa shape index (κ1) is 13.6. The van der Waals surface area contributed by atoms with Crippen LogP contribution in [0.15, 0.2) is 41.4 Å². The molecular weight excluding hydrogens is 274 g/mol. The fraction of sp³-hybridized carbons (Fsp3) is 0.467. The lowest BCUT2D eigenvalue weighted by Gasteiger charge is -2.25. The predicted molar refractivity (Wildman–Crippen MR) is 76.4 cm³/mol. The van der Waals surface area contributed by atoms with Crippen LogP contribution in [0.5, 0.6) is 0 Å². The minimum atomic E-state index is -3.48. The topological polar surface area (TPSA) is 57.6 Å². The van der Waals surface area contributed by atoms with Crippen molar-refractivity contribution in [3.8, 4) is 0 Å². The third kappa shape index (κ3) is 1.88. The van der Waals surface area contributed by atoms with Crippen LogP contribution >= 0.6 is 0 Å². The van der Waals surface area contributed by atoms with Crippen LogP contribution < -0.4 is 0 Å². The fourth-order valence-corrected chi connectivity index (χ4v) is 4.47. The van der Waals surface area contributed by atoms with Crippen molar-refractivity contribution in [2.75, 3.05) is 13.2 Å². The molecule has 3 atom stereocenters. The Labute approximate surface area is 119 Å². The lowest BCUT2D eigenvalue weighted by atomic mass is 10.0. The summed E-state index contributed by atoms with van der Waals surface area (Å²) in [5.41, 5.74) is 1.00. The predicted octanol–water partition coefficient (Wildman–Crippen LogP) is 1.76. The highest BCUT2D eigenvalue weighted by Crippen LogP contribution is 2.61. The van der Waals surface area contributed by atoms with E-state index in [-0.39, 0.29) is 23.9 Å². The number of rotatable bonds is 3. The summed E-state index contributed by atoms with van der Waals surface area (Å²) in [7, 11) is -3.48. The van der Waals surface area contributed by atoms with Gasteiger partial charge in [0.25, 0.3) is 10.0 Å². The van der Waals surface area contributed by atoms with E-state index in [1.165, 1.54) is 4.31 Å². The Morgan fingerprint density at radius 3 is 2.60 bits per heavy atom. The number of hydrogen-bond acceptors (Lipinski definition) is 3. The Kier molecular flexibility index (Phi) is 2.95. The molecule has 5 heteroatoms. The quantitative estimate of drug-likeness (QED) is 0.924. The van der Waals surface area contributed by atoms with Crippen LogP contribution in [0.2, 0.25) is 0 Å². The van der Waals surface area contributed by atoms with Gasteiger partial charge in [-0.05, 0) is 36.3 Å². The highest BCUT2D eigenvalue weighted by Gasteiger charge is 2.61. The Bertz CT molecular complexity index is 650. The summed E-state index contributed by atoms with van der Waals surface area (Å²) in [6.07, 6.45) is 3.58. The number of nitrogens with zero attached hydrogens (tertiary/aromatic N) is 1. The molecule has 0 bridgehead atoms. The van der Waals surface area contributed by atoms with E-state index in [2.05, 4.69) is 6.92 Å². The van der Waals surface area contributed by atoms with Gasteiger partial charge in [0.2, 0.25) is 0 Å². The molecule has 1 aliphatic carbocycles. The van der Waals surface area contributed by atoms with Crippen molar-refractivity contribution in [2.45, 2.75) is 18.7 Å². The molecule has 0 aromatic heterocycles. The van der Waals surface area contributed by atoms with E-state index < -0.39 is 10.0 Å². The van der Waals surface area contributed by atoms with Gasteiger partial charge in [0.05, 0.1) is 4.90 Å². The second kappa shape index (κ2) is 4.33. The second-order valence-corrected chi connectivity index (χ2v) is 7.86. The van der Waals surface area contributed by atoms with Crippen LogP contribution in [-0.2, 0) is 10.0 Å². The van der Waals surface area contributed by atoms with Gasteiger partial charge in [0, 0.05) is 19.4 Å². The molecule has 0 amide bonds. The van der Waals surface area contributed by atoms with Crippen molar-refractivity contribution in [1.29, 1.82) is 0 Å². The van der Waals surface area contributed by atoms with Gasteiger partial charge in [-0.2, -0.15) is 0 Å². The number of hydrogen-bond donors (Lipinski definition) is 1. The summed E-state index contributed by atoms with van der Waals surface area (Å²) in [5.74, 6) is 0.398. The van der Waals surface area contributed by atoms with Gasteiger partial charge in [-0.15, -0.1) is 0 Å². The third-order valence-electron chi connectivity index (χ3n) is 4.78. The number of aliphatic hydroxyl groups excluding tert-OH is 1. The molecule has 3 rings (SSSR count). The van der Waals surface area contributed by atoms with E-state index in [9.17, 15) is 13.5 Å². The van der Waals surface area contributed by atoms with Crippen LogP contribution in [0.3, 0.4) is 0 Å². The molecule has 0 saturated heterocycles. The van der Waals surface area contributed by atoms with Crippen molar-refractivity contribution in [3.05, 3.63) is 42.1 Å². The number of allylic oxidation sites excluding steroid dienone is 1. The number of benzene rings is 1. The zero-order chi connectivity index (χ0) is 14.5. The molecule has 1 saturated carbocycles. The van der Waals surface area contributed by atoms with E-state index in [1.807, 2.05) is 13.0 Å². The lowest BCUT2D eigenvalue weighted by molar-refractivity contribution is 0.258. The van der Waals surface area contributed by atoms with Crippen LogP contribution in [0, 0.1) is 24.2 Å². The monoisotopic (exact) mass is 293 g/mol. The van der Waals surface area contributed by atoms with Crippen molar-refractivity contribution in [3.63, 3.8) is 0 Å². The van der Waals surface area contributed by atoms with E-state index in [0.717, 1.165) is 5.56 Å². The maximum Gasteiger partial charge on any atom is 0.263 e. The Hall–Kier alpha value is -1.33. The highest BCUT2D eigenvalue weighted by molar-refractivity contribution is 7.89. The molecule has 1 aliphatic heterocycles. The smallest absolute Gasteiger partial charge is 0.263 e. The summed E-state index contributed by atoms with van der Waals surface area (Å²) in [4.78, 5) is 0.317. The van der Waals surface area contributed by atoms with Crippen LogP contribution in [-0.4, -0.2) is 31.0 Å². The molecule has 0 spiro atoms. The van der Waals surface area contributed by atoms with E-state index in [1.54, 1.807) is 30.5 Å². The van der Waals surface area contributed by atoms with Gasteiger partial charge in [0.15, 0.2) is 0 Å². The summed E-state index contributed by atoms with van der Waals surface area (Å²) in [6.45, 7) is 4.57. The van der Waals surface area contributed by atoms with Crippen LogP contribution in [0.1, 0.15) is 12.5 Å². The Balaban J connectivity index is 1.88. The number of aliphatic hydroxyl groups is 1. The molecular formula is C15H19NO3S. The standard InChI is InChI=1S/C15H19NO3S/c1-11-3-5-12(6-4-11)20(18,19)16-8-7-15(2)13(9-16)14(15)10-17/h3-8,13-14,17H,9-10H2,1-2H3. The molecule has 1 fully saturated rings. The normalized spacial score (nSPS) is 32.0. The zero-order valence-corrected chi connectivity index (χ0v) is 12.5.